The van der Waals surface area contributed by atoms with E-state index >= 15 is 0 Å². The zero-order valence-electron chi connectivity index (χ0n) is 16.9. The van der Waals surface area contributed by atoms with Crippen molar-refractivity contribution in [3.63, 3.8) is 0 Å². The molecule has 156 valence electrons. The first-order chi connectivity index (χ1) is 15.0. The number of carbonyl (C=O) groups is 1. The number of benzene rings is 3. The van der Waals surface area contributed by atoms with Crippen molar-refractivity contribution in [2.24, 2.45) is 0 Å². The molecule has 0 saturated heterocycles. The fourth-order valence-corrected chi connectivity index (χ4v) is 4.88. The van der Waals surface area contributed by atoms with Gasteiger partial charge in [-0.25, -0.2) is 0 Å². The number of fused-ring (bicyclic) bond motifs is 2. The molecule has 1 aromatic heterocycles. The van der Waals surface area contributed by atoms with Crippen molar-refractivity contribution in [2.45, 2.75) is 30.9 Å². The summed E-state index contributed by atoms with van der Waals surface area (Å²) in [6.45, 7) is 0. The van der Waals surface area contributed by atoms with Crippen LogP contribution in [0, 0.1) is 0 Å². The summed E-state index contributed by atoms with van der Waals surface area (Å²) in [5.74, 6) is -0.182. The number of H-pyrrole nitrogens is 1. The number of hydrogen-bond acceptors (Lipinski definition) is 2. The molecule has 1 heterocycles. The predicted octanol–water partition coefficient (Wildman–Crippen LogP) is 5.00. The van der Waals surface area contributed by atoms with E-state index in [9.17, 15) is 9.90 Å². The molecule has 0 spiro atoms. The van der Waals surface area contributed by atoms with Crippen molar-refractivity contribution in [3.8, 4) is 0 Å². The smallest absolute Gasteiger partial charge is 0.267 e. The van der Waals surface area contributed by atoms with E-state index in [1.807, 2.05) is 72.8 Å². The third-order valence-electron chi connectivity index (χ3n) is 6.07. The van der Waals surface area contributed by atoms with Gasteiger partial charge in [-0.3, -0.25) is 4.79 Å². The molecule has 1 aliphatic carbocycles. The Hall–Kier alpha value is -3.08. The number of halogens is 1. The quantitative estimate of drug-likeness (QED) is 0.426. The normalized spacial score (nSPS) is 20.4. The van der Waals surface area contributed by atoms with Crippen LogP contribution in [0.5, 0.6) is 0 Å². The van der Waals surface area contributed by atoms with Gasteiger partial charge in [0.1, 0.15) is 5.69 Å². The lowest BCUT2D eigenvalue weighted by Crippen LogP contribution is -2.47. The van der Waals surface area contributed by atoms with E-state index in [-0.39, 0.29) is 11.9 Å². The Morgan fingerprint density at radius 1 is 1.06 bits per heavy atom. The summed E-state index contributed by atoms with van der Waals surface area (Å²) in [6.07, 6.45) is 1.64. The first-order valence-corrected chi connectivity index (χ1v) is 10.8. The highest BCUT2D eigenvalue weighted by atomic mass is 35.5. The first-order valence-electron chi connectivity index (χ1n) is 10.4. The summed E-state index contributed by atoms with van der Waals surface area (Å²) in [5.41, 5.74) is 3.40. The summed E-state index contributed by atoms with van der Waals surface area (Å²) in [5, 5.41) is 16.4. The topological polar surface area (TPSA) is 65.1 Å². The molecule has 3 aromatic carbocycles. The molecule has 4 nitrogen and oxygen atoms in total. The van der Waals surface area contributed by atoms with Gasteiger partial charge in [0.2, 0.25) is 0 Å². The van der Waals surface area contributed by atoms with Gasteiger partial charge in [0.05, 0.1) is 5.60 Å². The second kappa shape index (κ2) is 7.88. The number of aliphatic hydroxyl groups is 1. The van der Waals surface area contributed by atoms with Crippen molar-refractivity contribution in [3.05, 3.63) is 106 Å². The Balaban J connectivity index is 1.41. The van der Waals surface area contributed by atoms with E-state index in [0.717, 1.165) is 27.6 Å². The van der Waals surface area contributed by atoms with Gasteiger partial charge in [0.25, 0.3) is 5.91 Å². The summed E-state index contributed by atoms with van der Waals surface area (Å²) < 4.78 is 0. The number of aromatic amines is 1. The fraction of sp³-hybridized carbons (Fsp3) is 0.192. The number of carbonyl (C=O) groups excluding carboxylic acids is 1. The largest absolute Gasteiger partial charge is 0.385 e. The Kier molecular flexibility index (Phi) is 5.05. The van der Waals surface area contributed by atoms with Gasteiger partial charge in [-0.2, -0.15) is 0 Å². The van der Waals surface area contributed by atoms with E-state index in [0.29, 0.717) is 30.0 Å². The molecule has 5 heteroatoms. The molecule has 0 bridgehead atoms. The average Bonchev–Trinajstić information content (AvgIpc) is 3.18. The molecule has 5 rings (SSSR count). The van der Waals surface area contributed by atoms with Gasteiger partial charge >= 0.3 is 0 Å². The molecule has 0 fully saturated rings. The lowest BCUT2D eigenvalue weighted by atomic mass is 9.73. The number of aromatic nitrogens is 1. The fourth-order valence-electron chi connectivity index (χ4n) is 4.70. The molecular formula is C26H23ClN2O2. The maximum absolute atomic E-state index is 13.0. The first kappa shape index (κ1) is 19.9. The SMILES string of the molecule is O=C(NC1Cc2ccccc2[C@@](O)(Cc2ccccc2)C1)c1cc2cc(Cl)ccc2[nH]1. The van der Waals surface area contributed by atoms with Gasteiger partial charge in [-0.1, -0.05) is 66.2 Å². The van der Waals surface area contributed by atoms with Gasteiger partial charge in [-0.15, -0.1) is 0 Å². The van der Waals surface area contributed by atoms with Gasteiger partial charge < -0.3 is 15.4 Å². The Morgan fingerprint density at radius 3 is 2.68 bits per heavy atom. The van der Waals surface area contributed by atoms with Crippen molar-refractivity contribution in [1.29, 1.82) is 0 Å². The second-order valence-corrected chi connectivity index (χ2v) is 8.78. The lowest BCUT2D eigenvalue weighted by Gasteiger charge is -2.39. The number of amides is 1. The standard InChI is InChI=1S/C26H23ClN2O2/c27-20-10-11-23-19(12-20)14-24(29-23)25(30)28-21-13-18-8-4-5-9-22(18)26(31,16-21)15-17-6-2-1-3-7-17/h1-12,14,21,29,31H,13,15-16H2,(H,28,30)/t21?,26-/m1/s1. The maximum atomic E-state index is 13.0. The molecule has 31 heavy (non-hydrogen) atoms. The Bertz CT molecular complexity index is 1250. The highest BCUT2D eigenvalue weighted by molar-refractivity contribution is 6.31. The molecule has 0 saturated carbocycles. The molecule has 0 aliphatic heterocycles. The van der Waals surface area contributed by atoms with E-state index < -0.39 is 5.60 Å². The van der Waals surface area contributed by atoms with Crippen LogP contribution in [0.3, 0.4) is 0 Å². The Morgan fingerprint density at radius 2 is 1.84 bits per heavy atom. The second-order valence-electron chi connectivity index (χ2n) is 8.34. The minimum absolute atomic E-state index is 0.175. The average molecular weight is 431 g/mol. The number of rotatable bonds is 4. The summed E-state index contributed by atoms with van der Waals surface area (Å²) in [6, 6.07) is 25.1. The van der Waals surface area contributed by atoms with E-state index in [1.165, 1.54) is 0 Å². The van der Waals surface area contributed by atoms with Gasteiger partial charge in [0, 0.05) is 34.8 Å². The highest BCUT2D eigenvalue weighted by Crippen LogP contribution is 2.38. The van der Waals surface area contributed by atoms with Crippen molar-refractivity contribution >= 4 is 28.4 Å². The zero-order chi connectivity index (χ0) is 21.4. The summed E-state index contributed by atoms with van der Waals surface area (Å²) >= 11 is 6.07. The number of nitrogens with one attached hydrogen (secondary N) is 2. The number of hydrogen-bond donors (Lipinski definition) is 3. The third-order valence-corrected chi connectivity index (χ3v) is 6.31. The predicted molar refractivity (Wildman–Crippen MR) is 123 cm³/mol. The van der Waals surface area contributed by atoms with E-state index in [4.69, 9.17) is 11.6 Å². The van der Waals surface area contributed by atoms with Crippen molar-refractivity contribution in [2.75, 3.05) is 0 Å². The highest BCUT2D eigenvalue weighted by Gasteiger charge is 2.39. The molecule has 1 aliphatic rings. The minimum Gasteiger partial charge on any atom is -0.385 e. The van der Waals surface area contributed by atoms with E-state index in [1.54, 1.807) is 6.07 Å². The van der Waals surface area contributed by atoms with E-state index in [2.05, 4.69) is 10.3 Å². The van der Waals surface area contributed by atoms with Crippen LogP contribution in [0.15, 0.2) is 78.9 Å². The van der Waals surface area contributed by atoms with Crippen LogP contribution in [-0.2, 0) is 18.4 Å². The van der Waals surface area contributed by atoms with Gasteiger partial charge in [0.15, 0.2) is 0 Å². The van der Waals surface area contributed by atoms with Crippen LogP contribution in [0.25, 0.3) is 10.9 Å². The Labute approximate surface area is 185 Å². The molecule has 0 radical (unpaired) electrons. The monoisotopic (exact) mass is 430 g/mol. The van der Waals surface area contributed by atoms with Gasteiger partial charge in [-0.05, 0) is 47.4 Å². The maximum Gasteiger partial charge on any atom is 0.267 e. The van der Waals surface area contributed by atoms with Crippen LogP contribution >= 0.6 is 11.6 Å². The molecule has 1 unspecified atom stereocenters. The van der Waals surface area contributed by atoms with Crippen molar-refractivity contribution in [1.82, 2.24) is 10.3 Å². The van der Waals surface area contributed by atoms with Crippen LogP contribution in [0.2, 0.25) is 5.02 Å². The molecule has 3 N–H and O–H groups in total. The van der Waals surface area contributed by atoms with Crippen LogP contribution in [-0.4, -0.2) is 22.0 Å². The summed E-state index contributed by atoms with van der Waals surface area (Å²) in [4.78, 5) is 16.2. The summed E-state index contributed by atoms with van der Waals surface area (Å²) in [7, 11) is 0. The van der Waals surface area contributed by atoms with Crippen LogP contribution < -0.4 is 5.32 Å². The molecular weight excluding hydrogens is 408 g/mol. The molecule has 1 amide bonds. The third kappa shape index (κ3) is 3.97. The minimum atomic E-state index is -1.04. The zero-order valence-corrected chi connectivity index (χ0v) is 17.7. The van der Waals surface area contributed by atoms with Crippen LogP contribution in [0.1, 0.15) is 33.6 Å². The molecule has 4 aromatic rings. The van der Waals surface area contributed by atoms with Crippen molar-refractivity contribution < 1.29 is 9.90 Å². The molecule has 2 atom stereocenters. The van der Waals surface area contributed by atoms with Crippen LogP contribution in [0.4, 0.5) is 0 Å². The lowest BCUT2D eigenvalue weighted by molar-refractivity contribution is 0.00951.